The minimum absolute atomic E-state index is 0.149. The van der Waals surface area contributed by atoms with Crippen molar-refractivity contribution in [2.24, 2.45) is 0 Å². The predicted octanol–water partition coefficient (Wildman–Crippen LogP) is 3.00. The summed E-state index contributed by atoms with van der Waals surface area (Å²) in [4.78, 5) is 34.7. The van der Waals surface area contributed by atoms with Gasteiger partial charge in [0.25, 0.3) is 5.91 Å². The van der Waals surface area contributed by atoms with Crippen LogP contribution in [0.3, 0.4) is 0 Å². The summed E-state index contributed by atoms with van der Waals surface area (Å²) in [6.07, 6.45) is 0.886. The Bertz CT molecular complexity index is 833. The van der Waals surface area contributed by atoms with Gasteiger partial charge in [0, 0.05) is 17.7 Å². The molecule has 0 saturated heterocycles. The molecule has 0 spiro atoms. The van der Waals surface area contributed by atoms with E-state index in [4.69, 9.17) is 9.84 Å². The van der Waals surface area contributed by atoms with Crippen LogP contribution >= 0.6 is 0 Å². The second kappa shape index (κ2) is 10.1. The molecule has 0 aliphatic heterocycles. The highest BCUT2D eigenvalue weighted by molar-refractivity contribution is 5.97. The van der Waals surface area contributed by atoms with Crippen molar-refractivity contribution in [2.75, 3.05) is 11.9 Å². The van der Waals surface area contributed by atoms with Crippen molar-refractivity contribution < 1.29 is 24.2 Å². The van der Waals surface area contributed by atoms with Crippen LogP contribution in [0.2, 0.25) is 0 Å². The molecule has 0 aromatic heterocycles. The fourth-order valence-electron chi connectivity index (χ4n) is 2.40. The molecular formula is C21H24N2O5. The molecule has 3 N–H and O–H groups in total. The standard InChI is InChI=1S/C21H24N2O5/c1-14-5-3-6-18(13-14)28-12-4-7-19(24)23-17-10-8-16(9-11-17)20(25)22-15(2)21(26)27/h3,5-6,8-11,13,15H,4,7,12H2,1-2H3,(H,22,25)(H,23,24)(H,26,27). The number of carbonyl (C=O) groups is 3. The molecule has 1 atom stereocenters. The first-order chi connectivity index (χ1) is 13.3. The van der Waals surface area contributed by atoms with Gasteiger partial charge in [0.05, 0.1) is 6.61 Å². The van der Waals surface area contributed by atoms with Gasteiger partial charge in [0.2, 0.25) is 5.91 Å². The van der Waals surface area contributed by atoms with Crippen molar-refractivity contribution in [2.45, 2.75) is 32.7 Å². The maximum absolute atomic E-state index is 12.0. The van der Waals surface area contributed by atoms with Gasteiger partial charge in [0.1, 0.15) is 11.8 Å². The van der Waals surface area contributed by atoms with Crippen molar-refractivity contribution in [3.8, 4) is 5.75 Å². The maximum Gasteiger partial charge on any atom is 0.325 e. The summed E-state index contributed by atoms with van der Waals surface area (Å²) in [7, 11) is 0. The van der Waals surface area contributed by atoms with Crippen LogP contribution in [0.1, 0.15) is 35.7 Å². The number of carboxylic acids is 1. The summed E-state index contributed by atoms with van der Waals surface area (Å²) in [5.41, 5.74) is 2.00. The van der Waals surface area contributed by atoms with Crippen LogP contribution in [0.15, 0.2) is 48.5 Å². The molecule has 0 aliphatic rings. The summed E-state index contributed by atoms with van der Waals surface area (Å²) in [6, 6.07) is 13.0. The molecule has 0 aliphatic carbocycles. The van der Waals surface area contributed by atoms with E-state index in [1.165, 1.54) is 19.1 Å². The molecule has 2 rings (SSSR count). The molecule has 28 heavy (non-hydrogen) atoms. The van der Waals surface area contributed by atoms with Crippen molar-refractivity contribution in [3.05, 3.63) is 59.7 Å². The van der Waals surface area contributed by atoms with E-state index in [2.05, 4.69) is 10.6 Å². The molecule has 0 heterocycles. The summed E-state index contributed by atoms with van der Waals surface area (Å²) in [5.74, 6) is -0.958. The topological polar surface area (TPSA) is 105 Å². The lowest BCUT2D eigenvalue weighted by atomic mass is 10.1. The molecule has 2 aromatic rings. The third kappa shape index (κ3) is 6.75. The third-order valence-electron chi connectivity index (χ3n) is 3.96. The largest absolute Gasteiger partial charge is 0.494 e. The summed E-state index contributed by atoms with van der Waals surface area (Å²) in [6.45, 7) is 3.82. The number of ether oxygens (including phenoxy) is 1. The fourth-order valence-corrected chi connectivity index (χ4v) is 2.40. The number of nitrogens with one attached hydrogen (secondary N) is 2. The van der Waals surface area contributed by atoms with Crippen molar-refractivity contribution >= 4 is 23.5 Å². The van der Waals surface area contributed by atoms with Crippen LogP contribution in [0.25, 0.3) is 0 Å². The van der Waals surface area contributed by atoms with Crippen LogP contribution in [-0.4, -0.2) is 35.5 Å². The highest BCUT2D eigenvalue weighted by Crippen LogP contribution is 2.13. The number of benzene rings is 2. The smallest absolute Gasteiger partial charge is 0.325 e. The number of hydrogen-bond donors (Lipinski definition) is 3. The highest BCUT2D eigenvalue weighted by Gasteiger charge is 2.15. The van der Waals surface area contributed by atoms with E-state index in [0.29, 0.717) is 30.7 Å². The van der Waals surface area contributed by atoms with E-state index in [9.17, 15) is 14.4 Å². The first kappa shape index (κ1) is 21.0. The van der Waals surface area contributed by atoms with Gasteiger partial charge in [-0.25, -0.2) is 0 Å². The van der Waals surface area contributed by atoms with Crippen LogP contribution in [0, 0.1) is 6.92 Å². The number of hydrogen-bond acceptors (Lipinski definition) is 4. The third-order valence-corrected chi connectivity index (χ3v) is 3.96. The van der Waals surface area contributed by atoms with Crippen molar-refractivity contribution in [3.63, 3.8) is 0 Å². The Labute approximate surface area is 163 Å². The molecule has 0 saturated carbocycles. The number of anilines is 1. The lowest BCUT2D eigenvalue weighted by molar-refractivity contribution is -0.138. The number of carbonyl (C=O) groups excluding carboxylic acids is 2. The van der Waals surface area contributed by atoms with Crippen LogP contribution < -0.4 is 15.4 Å². The Kier molecular flexibility index (Phi) is 7.56. The lowest BCUT2D eigenvalue weighted by Crippen LogP contribution is -2.38. The number of amides is 2. The quantitative estimate of drug-likeness (QED) is 0.577. The zero-order chi connectivity index (χ0) is 20.5. The van der Waals surface area contributed by atoms with Gasteiger partial charge in [-0.05, 0) is 62.2 Å². The molecule has 7 heteroatoms. The monoisotopic (exact) mass is 384 g/mol. The Morgan fingerprint density at radius 3 is 2.46 bits per heavy atom. The Balaban J connectivity index is 1.74. The van der Waals surface area contributed by atoms with E-state index in [0.717, 1.165) is 11.3 Å². The fraction of sp³-hybridized carbons (Fsp3) is 0.286. The van der Waals surface area contributed by atoms with Crippen molar-refractivity contribution in [1.29, 1.82) is 0 Å². The van der Waals surface area contributed by atoms with E-state index in [-0.39, 0.29) is 5.91 Å². The molecule has 0 fully saturated rings. The zero-order valence-corrected chi connectivity index (χ0v) is 15.9. The normalized spacial score (nSPS) is 11.4. The zero-order valence-electron chi connectivity index (χ0n) is 15.9. The van der Waals surface area contributed by atoms with Gasteiger partial charge >= 0.3 is 5.97 Å². The summed E-state index contributed by atoms with van der Waals surface area (Å²) >= 11 is 0. The van der Waals surface area contributed by atoms with E-state index >= 15 is 0 Å². The van der Waals surface area contributed by atoms with Gasteiger partial charge in [-0.3, -0.25) is 14.4 Å². The molecular weight excluding hydrogens is 360 g/mol. The van der Waals surface area contributed by atoms with Crippen LogP contribution in [0.4, 0.5) is 5.69 Å². The average Bonchev–Trinajstić information content (AvgIpc) is 2.65. The Hall–Kier alpha value is -3.35. The summed E-state index contributed by atoms with van der Waals surface area (Å²) < 4.78 is 5.61. The van der Waals surface area contributed by atoms with E-state index in [1.54, 1.807) is 12.1 Å². The minimum Gasteiger partial charge on any atom is -0.494 e. The average molecular weight is 384 g/mol. The van der Waals surface area contributed by atoms with Gasteiger partial charge in [-0.2, -0.15) is 0 Å². The van der Waals surface area contributed by atoms with E-state index < -0.39 is 17.9 Å². The predicted molar refractivity (Wildman–Crippen MR) is 106 cm³/mol. The van der Waals surface area contributed by atoms with Crippen molar-refractivity contribution in [1.82, 2.24) is 5.32 Å². The number of rotatable bonds is 9. The molecule has 148 valence electrons. The van der Waals surface area contributed by atoms with Crippen LogP contribution in [0.5, 0.6) is 5.75 Å². The van der Waals surface area contributed by atoms with E-state index in [1.807, 2.05) is 31.2 Å². The minimum atomic E-state index is -1.11. The molecule has 2 amide bonds. The first-order valence-electron chi connectivity index (χ1n) is 8.98. The highest BCUT2D eigenvalue weighted by atomic mass is 16.5. The van der Waals surface area contributed by atoms with Crippen LogP contribution in [-0.2, 0) is 9.59 Å². The molecule has 0 bridgehead atoms. The SMILES string of the molecule is Cc1cccc(OCCCC(=O)Nc2ccc(C(=O)NC(C)C(=O)O)cc2)c1. The van der Waals surface area contributed by atoms with Gasteiger partial charge in [0.15, 0.2) is 0 Å². The second-order valence-corrected chi connectivity index (χ2v) is 6.43. The lowest BCUT2D eigenvalue weighted by Gasteiger charge is -2.10. The number of aryl methyl sites for hydroxylation is 1. The van der Waals surface area contributed by atoms with Gasteiger partial charge in [-0.15, -0.1) is 0 Å². The number of aliphatic carboxylic acids is 1. The number of carboxylic acid groups (broad SMARTS) is 1. The molecule has 7 nitrogen and oxygen atoms in total. The maximum atomic E-state index is 12.0. The molecule has 2 aromatic carbocycles. The Morgan fingerprint density at radius 1 is 1.11 bits per heavy atom. The summed E-state index contributed by atoms with van der Waals surface area (Å²) in [5, 5.41) is 13.9. The molecule has 0 radical (unpaired) electrons. The van der Waals surface area contributed by atoms with Gasteiger partial charge < -0.3 is 20.5 Å². The second-order valence-electron chi connectivity index (χ2n) is 6.43. The first-order valence-corrected chi connectivity index (χ1v) is 8.98. The molecule has 1 unspecified atom stereocenters. The van der Waals surface area contributed by atoms with Gasteiger partial charge in [-0.1, -0.05) is 12.1 Å². The Morgan fingerprint density at radius 2 is 1.82 bits per heavy atom.